The van der Waals surface area contributed by atoms with Crippen LogP contribution in [0.1, 0.15) is 63.2 Å². The van der Waals surface area contributed by atoms with Gasteiger partial charge in [0.15, 0.2) is 5.82 Å². The van der Waals surface area contributed by atoms with Gasteiger partial charge >= 0.3 is 0 Å². The second-order valence-corrected chi connectivity index (χ2v) is 6.39. The van der Waals surface area contributed by atoms with E-state index in [9.17, 15) is 0 Å². The molecule has 1 aromatic carbocycles. The Morgan fingerprint density at radius 3 is 2.57 bits per heavy atom. The van der Waals surface area contributed by atoms with Crippen LogP contribution in [0.15, 0.2) is 34.9 Å². The molecule has 4 heteroatoms. The molecule has 0 aliphatic heterocycles. The topological polar surface area (TPSA) is 64.9 Å². The van der Waals surface area contributed by atoms with Gasteiger partial charge in [-0.1, -0.05) is 55.3 Å². The van der Waals surface area contributed by atoms with Crippen molar-refractivity contribution in [3.63, 3.8) is 0 Å². The molecule has 0 radical (unpaired) electrons. The molecule has 3 rings (SSSR count). The summed E-state index contributed by atoms with van der Waals surface area (Å²) in [6.07, 6.45) is 5.19. The van der Waals surface area contributed by atoms with Crippen LogP contribution >= 0.6 is 0 Å². The van der Waals surface area contributed by atoms with Crippen LogP contribution in [0.4, 0.5) is 0 Å². The van der Waals surface area contributed by atoms with Crippen LogP contribution in [0, 0.1) is 0 Å². The predicted octanol–water partition coefficient (Wildman–Crippen LogP) is 3.51. The molecule has 1 saturated carbocycles. The van der Waals surface area contributed by atoms with Gasteiger partial charge in [-0.3, -0.25) is 0 Å². The third-order valence-corrected chi connectivity index (χ3v) is 4.65. The lowest BCUT2D eigenvalue weighted by Gasteiger charge is -2.39. The van der Waals surface area contributed by atoms with E-state index >= 15 is 0 Å². The van der Waals surface area contributed by atoms with E-state index in [1.54, 1.807) is 0 Å². The molecule has 112 valence electrons. The third-order valence-electron chi connectivity index (χ3n) is 4.65. The summed E-state index contributed by atoms with van der Waals surface area (Å²) in [5.41, 5.74) is 6.96. The molecular weight excluding hydrogens is 262 g/mol. The average molecular weight is 285 g/mol. The highest BCUT2D eigenvalue weighted by atomic mass is 16.5. The summed E-state index contributed by atoms with van der Waals surface area (Å²) in [6, 6.07) is 10.5. The zero-order valence-electron chi connectivity index (χ0n) is 12.8. The summed E-state index contributed by atoms with van der Waals surface area (Å²) in [7, 11) is 0. The normalized spacial score (nSPS) is 19.8. The largest absolute Gasteiger partial charge is 0.337 e. The summed E-state index contributed by atoms with van der Waals surface area (Å²) in [5, 5.41) is 4.27. The van der Waals surface area contributed by atoms with Crippen molar-refractivity contribution in [3.8, 4) is 0 Å². The van der Waals surface area contributed by atoms with Crippen molar-refractivity contribution in [1.29, 1.82) is 0 Å². The zero-order valence-corrected chi connectivity index (χ0v) is 12.8. The van der Waals surface area contributed by atoms with Gasteiger partial charge < -0.3 is 10.3 Å². The van der Waals surface area contributed by atoms with Crippen LogP contribution in [-0.2, 0) is 11.0 Å². The van der Waals surface area contributed by atoms with Crippen molar-refractivity contribution in [2.24, 2.45) is 5.73 Å². The van der Waals surface area contributed by atoms with Crippen molar-refractivity contribution < 1.29 is 4.52 Å². The number of hydrogen-bond acceptors (Lipinski definition) is 4. The zero-order chi connectivity index (χ0) is 14.9. The quantitative estimate of drug-likeness (QED) is 0.913. The summed E-state index contributed by atoms with van der Waals surface area (Å²) in [6.45, 7) is 4.07. The van der Waals surface area contributed by atoms with Gasteiger partial charge in [-0.2, -0.15) is 4.98 Å². The van der Waals surface area contributed by atoms with E-state index in [2.05, 4.69) is 41.3 Å². The second kappa shape index (κ2) is 5.26. The molecule has 1 aromatic heterocycles. The monoisotopic (exact) mass is 285 g/mol. The first kappa shape index (κ1) is 14.3. The first-order valence-electron chi connectivity index (χ1n) is 7.77. The van der Waals surface area contributed by atoms with Gasteiger partial charge in [0.25, 0.3) is 0 Å². The Morgan fingerprint density at radius 2 is 2.00 bits per heavy atom. The Bertz CT molecular complexity index is 600. The van der Waals surface area contributed by atoms with Gasteiger partial charge in [-0.25, -0.2) is 0 Å². The van der Waals surface area contributed by atoms with Gasteiger partial charge in [-0.15, -0.1) is 0 Å². The molecular formula is C17H23N3O. The van der Waals surface area contributed by atoms with Crippen LogP contribution in [0.25, 0.3) is 0 Å². The lowest BCUT2D eigenvalue weighted by atomic mass is 9.64. The molecule has 1 heterocycles. The van der Waals surface area contributed by atoms with Gasteiger partial charge in [0.2, 0.25) is 5.89 Å². The average Bonchev–Trinajstić information content (AvgIpc) is 2.89. The Labute approximate surface area is 125 Å². The molecule has 4 nitrogen and oxygen atoms in total. The van der Waals surface area contributed by atoms with E-state index in [1.807, 2.05) is 13.0 Å². The number of rotatable bonds is 5. The first-order valence-corrected chi connectivity index (χ1v) is 7.77. The predicted molar refractivity (Wildman–Crippen MR) is 81.8 cm³/mol. The second-order valence-electron chi connectivity index (χ2n) is 6.39. The van der Waals surface area contributed by atoms with Gasteiger partial charge in [0.1, 0.15) is 0 Å². The van der Waals surface area contributed by atoms with Crippen LogP contribution in [0.2, 0.25) is 0 Å². The number of nitrogens with zero attached hydrogens (tertiary/aromatic N) is 2. The minimum absolute atomic E-state index is 0.0781. The minimum Gasteiger partial charge on any atom is -0.337 e. The van der Waals surface area contributed by atoms with Crippen LogP contribution < -0.4 is 5.73 Å². The summed E-state index contributed by atoms with van der Waals surface area (Å²) in [4.78, 5) is 4.67. The first-order chi connectivity index (χ1) is 10.1. The molecule has 21 heavy (non-hydrogen) atoms. The van der Waals surface area contributed by atoms with Crippen molar-refractivity contribution in [2.75, 3.05) is 0 Å². The van der Waals surface area contributed by atoms with Gasteiger partial charge in [0, 0.05) is 0 Å². The van der Waals surface area contributed by atoms with E-state index in [0.717, 1.165) is 31.5 Å². The van der Waals surface area contributed by atoms with Crippen molar-refractivity contribution in [3.05, 3.63) is 47.6 Å². The smallest absolute Gasteiger partial charge is 0.246 e. The van der Waals surface area contributed by atoms with E-state index < -0.39 is 5.54 Å². The van der Waals surface area contributed by atoms with Crippen LogP contribution in [-0.4, -0.2) is 10.1 Å². The fraction of sp³-hybridized carbons (Fsp3) is 0.529. The lowest BCUT2D eigenvalue weighted by molar-refractivity contribution is 0.259. The standard InChI is InChI=1S/C17H23N3O/c1-3-10-16(2,18)15-19-14(20-21-15)17(11-7-12-17)13-8-5-4-6-9-13/h4-6,8-9H,3,7,10-12,18H2,1-2H3. The number of benzene rings is 1. The minimum atomic E-state index is -0.540. The van der Waals surface area contributed by atoms with Crippen LogP contribution in [0.3, 0.4) is 0 Å². The molecule has 0 saturated heterocycles. The van der Waals surface area contributed by atoms with Crippen LogP contribution in [0.5, 0.6) is 0 Å². The molecule has 0 spiro atoms. The van der Waals surface area contributed by atoms with E-state index in [1.165, 1.54) is 12.0 Å². The maximum atomic E-state index is 6.31. The maximum absolute atomic E-state index is 6.31. The Balaban J connectivity index is 1.95. The highest BCUT2D eigenvalue weighted by molar-refractivity contribution is 5.35. The maximum Gasteiger partial charge on any atom is 0.246 e. The van der Waals surface area contributed by atoms with Gasteiger partial charge in [0.05, 0.1) is 11.0 Å². The fourth-order valence-corrected chi connectivity index (χ4v) is 3.21. The van der Waals surface area contributed by atoms with Crippen molar-refractivity contribution >= 4 is 0 Å². The molecule has 2 N–H and O–H groups in total. The van der Waals surface area contributed by atoms with Gasteiger partial charge in [-0.05, 0) is 31.7 Å². The molecule has 0 bridgehead atoms. The molecule has 0 amide bonds. The third kappa shape index (κ3) is 2.38. The fourth-order valence-electron chi connectivity index (χ4n) is 3.21. The Hall–Kier alpha value is -1.68. The molecule has 1 unspecified atom stereocenters. The highest BCUT2D eigenvalue weighted by Gasteiger charge is 2.45. The number of nitrogens with two attached hydrogens (primary N) is 1. The number of hydrogen-bond donors (Lipinski definition) is 1. The molecule has 1 aliphatic rings. The highest BCUT2D eigenvalue weighted by Crippen LogP contribution is 2.47. The molecule has 2 aromatic rings. The summed E-state index contributed by atoms with van der Waals surface area (Å²) < 4.78 is 5.50. The summed E-state index contributed by atoms with van der Waals surface area (Å²) >= 11 is 0. The Kier molecular flexibility index (Phi) is 3.57. The number of aromatic nitrogens is 2. The Morgan fingerprint density at radius 1 is 1.29 bits per heavy atom. The molecule has 1 atom stereocenters. The van der Waals surface area contributed by atoms with E-state index in [0.29, 0.717) is 5.89 Å². The van der Waals surface area contributed by atoms with Crippen molar-refractivity contribution in [2.45, 2.75) is 56.9 Å². The van der Waals surface area contributed by atoms with E-state index in [4.69, 9.17) is 10.3 Å². The molecule has 1 fully saturated rings. The molecule has 1 aliphatic carbocycles. The SMILES string of the molecule is CCCC(C)(N)c1nc(C2(c3ccccc3)CCC2)no1. The van der Waals surface area contributed by atoms with Crippen molar-refractivity contribution in [1.82, 2.24) is 10.1 Å². The lowest BCUT2D eigenvalue weighted by Crippen LogP contribution is -2.37. The van der Waals surface area contributed by atoms with E-state index in [-0.39, 0.29) is 5.41 Å². The summed E-state index contributed by atoms with van der Waals surface area (Å²) in [5.74, 6) is 1.35.